The third kappa shape index (κ3) is 5.98. The predicted molar refractivity (Wildman–Crippen MR) is 122 cm³/mol. The number of thiophene rings is 1. The Labute approximate surface area is 184 Å². The molecule has 0 radical (unpaired) electrons. The van der Waals surface area contributed by atoms with Crippen LogP contribution in [0.15, 0.2) is 27.9 Å². The minimum atomic E-state index is 0. The molecule has 0 aliphatic heterocycles. The fourth-order valence-electron chi connectivity index (χ4n) is 2.42. The van der Waals surface area contributed by atoms with Crippen molar-refractivity contribution in [3.05, 3.63) is 50.1 Å². The summed E-state index contributed by atoms with van der Waals surface area (Å²) in [5.41, 5.74) is 1.05. The van der Waals surface area contributed by atoms with E-state index >= 15 is 0 Å². The summed E-state index contributed by atoms with van der Waals surface area (Å²) in [4.78, 5) is 12.7. The molecular formula is C17H24IN7S2. The van der Waals surface area contributed by atoms with Gasteiger partial charge in [-0.1, -0.05) is 6.07 Å². The zero-order valence-corrected chi connectivity index (χ0v) is 19.8. The molecule has 0 amide bonds. The van der Waals surface area contributed by atoms with Crippen molar-refractivity contribution in [2.24, 2.45) is 12.0 Å². The van der Waals surface area contributed by atoms with Crippen molar-refractivity contribution < 1.29 is 0 Å². The number of nitrogens with one attached hydrogen (secondary N) is 1. The van der Waals surface area contributed by atoms with Crippen molar-refractivity contribution in [1.82, 2.24) is 30.0 Å². The second-order valence-electron chi connectivity index (χ2n) is 6.01. The van der Waals surface area contributed by atoms with Crippen LogP contribution in [-0.4, -0.2) is 37.7 Å². The highest BCUT2D eigenvalue weighted by atomic mass is 127. The highest BCUT2D eigenvalue weighted by Crippen LogP contribution is 2.11. The first-order valence-electron chi connectivity index (χ1n) is 8.30. The normalized spacial score (nSPS) is 11.3. The first kappa shape index (κ1) is 21.8. The molecule has 7 nitrogen and oxygen atoms in total. The van der Waals surface area contributed by atoms with Crippen molar-refractivity contribution in [2.45, 2.75) is 33.5 Å². The molecule has 0 fully saturated rings. The minimum Gasteiger partial charge on any atom is -0.351 e. The van der Waals surface area contributed by atoms with E-state index in [4.69, 9.17) is 4.99 Å². The number of aliphatic imine (C=N–C) groups is 1. The third-order valence-corrected chi connectivity index (χ3v) is 5.68. The van der Waals surface area contributed by atoms with Crippen LogP contribution in [0.3, 0.4) is 0 Å². The monoisotopic (exact) mass is 517 g/mol. The largest absolute Gasteiger partial charge is 0.351 e. The van der Waals surface area contributed by atoms with Gasteiger partial charge >= 0.3 is 0 Å². The smallest absolute Gasteiger partial charge is 0.194 e. The van der Waals surface area contributed by atoms with Crippen LogP contribution in [0.2, 0.25) is 0 Å². The van der Waals surface area contributed by atoms with Gasteiger partial charge in [-0.05, 0) is 25.3 Å². The van der Waals surface area contributed by atoms with Gasteiger partial charge in [0.25, 0.3) is 0 Å². The summed E-state index contributed by atoms with van der Waals surface area (Å²) < 4.78 is 1.96. The number of hydrogen-bond acceptors (Lipinski definition) is 6. The van der Waals surface area contributed by atoms with Gasteiger partial charge in [-0.3, -0.25) is 0 Å². The van der Waals surface area contributed by atoms with E-state index < -0.39 is 0 Å². The van der Waals surface area contributed by atoms with Crippen LogP contribution in [0, 0.1) is 13.8 Å². The van der Waals surface area contributed by atoms with Gasteiger partial charge in [0.05, 0.1) is 23.8 Å². The molecule has 0 saturated heterocycles. The Morgan fingerprint density at radius 1 is 1.30 bits per heavy atom. The van der Waals surface area contributed by atoms with Gasteiger partial charge < -0.3 is 14.8 Å². The average Bonchev–Trinajstić information content (AvgIpc) is 3.33. The van der Waals surface area contributed by atoms with Crippen LogP contribution in [0.1, 0.15) is 27.2 Å². The van der Waals surface area contributed by atoms with Crippen molar-refractivity contribution in [2.75, 3.05) is 7.05 Å². The molecule has 0 aliphatic carbocycles. The Morgan fingerprint density at radius 3 is 2.70 bits per heavy atom. The Hall–Kier alpha value is -1.53. The molecule has 0 atom stereocenters. The minimum absolute atomic E-state index is 0. The SMILES string of the molecule is Cc1nc(CN(C)C(=NCc2nnc(C)n2C)NCc2cccs2)cs1.I. The summed E-state index contributed by atoms with van der Waals surface area (Å²) in [5.74, 6) is 2.55. The summed E-state index contributed by atoms with van der Waals surface area (Å²) >= 11 is 3.40. The van der Waals surface area contributed by atoms with Gasteiger partial charge in [-0.15, -0.1) is 56.8 Å². The molecule has 0 saturated carbocycles. The highest BCUT2D eigenvalue weighted by Gasteiger charge is 2.11. The number of rotatable bonds is 6. The van der Waals surface area contributed by atoms with E-state index in [-0.39, 0.29) is 24.0 Å². The molecule has 3 heterocycles. The number of halogens is 1. The lowest BCUT2D eigenvalue weighted by Gasteiger charge is -2.21. The van der Waals surface area contributed by atoms with Gasteiger partial charge in [0.1, 0.15) is 12.4 Å². The quantitative estimate of drug-likeness (QED) is 0.309. The summed E-state index contributed by atoms with van der Waals surface area (Å²) in [6.45, 7) is 5.89. The van der Waals surface area contributed by atoms with Crippen LogP contribution in [0.4, 0.5) is 0 Å². The first-order chi connectivity index (χ1) is 12.5. The number of nitrogens with zero attached hydrogens (tertiary/aromatic N) is 6. The zero-order chi connectivity index (χ0) is 18.5. The maximum atomic E-state index is 4.76. The van der Waals surface area contributed by atoms with Crippen LogP contribution in [0.5, 0.6) is 0 Å². The lowest BCUT2D eigenvalue weighted by Crippen LogP contribution is -2.38. The van der Waals surface area contributed by atoms with Gasteiger partial charge in [0.15, 0.2) is 11.8 Å². The molecule has 0 aliphatic rings. The number of hydrogen-bond donors (Lipinski definition) is 1. The summed E-state index contributed by atoms with van der Waals surface area (Å²) in [6, 6.07) is 4.17. The molecule has 3 aromatic rings. The Balaban J connectivity index is 0.00000261. The molecule has 27 heavy (non-hydrogen) atoms. The number of thiazole rings is 1. The predicted octanol–water partition coefficient (Wildman–Crippen LogP) is 3.35. The van der Waals surface area contributed by atoms with E-state index in [1.165, 1.54) is 4.88 Å². The van der Waals surface area contributed by atoms with E-state index in [1.807, 2.05) is 32.5 Å². The van der Waals surface area contributed by atoms with Gasteiger partial charge in [-0.2, -0.15) is 0 Å². The molecular weight excluding hydrogens is 493 g/mol. The molecule has 146 valence electrons. The zero-order valence-electron chi connectivity index (χ0n) is 15.8. The van der Waals surface area contributed by atoms with E-state index in [0.717, 1.165) is 34.9 Å². The number of aryl methyl sites for hydroxylation is 2. The van der Waals surface area contributed by atoms with Gasteiger partial charge in [0.2, 0.25) is 0 Å². The van der Waals surface area contributed by atoms with Gasteiger partial charge in [0, 0.05) is 24.4 Å². The van der Waals surface area contributed by atoms with Crippen molar-refractivity contribution in [3.8, 4) is 0 Å². The van der Waals surface area contributed by atoms with E-state index in [2.05, 4.69) is 48.3 Å². The molecule has 0 aromatic carbocycles. The average molecular weight is 517 g/mol. The highest BCUT2D eigenvalue weighted by molar-refractivity contribution is 14.0. The van der Waals surface area contributed by atoms with E-state index in [1.54, 1.807) is 22.7 Å². The van der Waals surface area contributed by atoms with E-state index in [0.29, 0.717) is 13.1 Å². The van der Waals surface area contributed by atoms with Crippen molar-refractivity contribution in [3.63, 3.8) is 0 Å². The van der Waals surface area contributed by atoms with Gasteiger partial charge in [-0.25, -0.2) is 9.98 Å². The molecule has 1 N–H and O–H groups in total. The Kier molecular flexibility index (Phi) is 8.17. The van der Waals surface area contributed by atoms with Crippen LogP contribution in [-0.2, 0) is 26.7 Å². The molecule has 3 rings (SSSR count). The summed E-state index contributed by atoms with van der Waals surface area (Å²) in [6.07, 6.45) is 0. The maximum Gasteiger partial charge on any atom is 0.194 e. The van der Waals surface area contributed by atoms with Crippen LogP contribution < -0.4 is 5.32 Å². The van der Waals surface area contributed by atoms with Crippen LogP contribution in [0.25, 0.3) is 0 Å². The Bertz CT molecular complexity index is 870. The maximum absolute atomic E-state index is 4.76. The standard InChI is InChI=1S/C17H23N7S2.HI/c1-12-21-22-16(24(12)4)9-19-17(18-8-15-6-5-7-25-15)23(3)10-14-11-26-13(2)20-14;/h5-7,11H,8-10H2,1-4H3,(H,18,19);1H. The Morgan fingerprint density at radius 2 is 2.11 bits per heavy atom. The lowest BCUT2D eigenvalue weighted by molar-refractivity contribution is 0.468. The van der Waals surface area contributed by atoms with Crippen molar-refractivity contribution >= 4 is 52.6 Å². The summed E-state index contributed by atoms with van der Waals surface area (Å²) in [7, 11) is 3.98. The fraction of sp³-hybridized carbons (Fsp3) is 0.412. The fourth-order valence-corrected chi connectivity index (χ4v) is 3.67. The molecule has 0 bridgehead atoms. The summed E-state index contributed by atoms with van der Waals surface area (Å²) in [5, 5.41) is 17.0. The molecule has 0 spiro atoms. The van der Waals surface area contributed by atoms with E-state index in [9.17, 15) is 0 Å². The second-order valence-corrected chi connectivity index (χ2v) is 8.10. The second kappa shape index (κ2) is 10.1. The number of guanidine groups is 1. The molecule has 10 heteroatoms. The topological polar surface area (TPSA) is 71.2 Å². The molecule has 3 aromatic heterocycles. The number of aromatic nitrogens is 4. The molecule has 0 unspecified atom stereocenters. The third-order valence-electron chi connectivity index (χ3n) is 3.98. The first-order valence-corrected chi connectivity index (χ1v) is 10.1. The van der Waals surface area contributed by atoms with Crippen LogP contribution >= 0.6 is 46.7 Å². The lowest BCUT2D eigenvalue weighted by atomic mass is 10.4. The van der Waals surface area contributed by atoms with Crippen molar-refractivity contribution in [1.29, 1.82) is 0 Å².